The van der Waals surface area contributed by atoms with E-state index in [0.717, 1.165) is 0 Å². The van der Waals surface area contributed by atoms with Crippen molar-refractivity contribution in [2.75, 3.05) is 11.9 Å². The molecule has 1 rings (SSSR count). The van der Waals surface area contributed by atoms with Gasteiger partial charge in [-0.15, -0.1) is 0 Å². The quantitative estimate of drug-likeness (QED) is 0.397. The van der Waals surface area contributed by atoms with Gasteiger partial charge in [0.15, 0.2) is 0 Å². The number of nitrogens with one attached hydrogen (secondary N) is 2. The summed E-state index contributed by atoms with van der Waals surface area (Å²) in [7, 11) is -3.83. The average molecular weight is 329 g/mol. The molecule has 0 saturated carbocycles. The number of carbonyl (C=O) groups excluding carboxylic acids is 2. The molecule has 1 aromatic carbocycles. The minimum atomic E-state index is -3.83. The van der Waals surface area contributed by atoms with Gasteiger partial charge in [0.25, 0.3) is 0 Å². The first-order chi connectivity index (χ1) is 10.2. The molecule has 0 aromatic heterocycles. The number of hydrogen-bond donors (Lipinski definition) is 4. The Balaban J connectivity index is 2.50. The third kappa shape index (κ3) is 5.89. The van der Waals surface area contributed by atoms with Crippen LogP contribution in [0.15, 0.2) is 29.2 Å². The van der Waals surface area contributed by atoms with Crippen LogP contribution in [0.5, 0.6) is 0 Å². The average Bonchev–Trinajstić information content (AvgIpc) is 2.42. The molecule has 0 aliphatic rings. The molecule has 9 nitrogen and oxygen atoms in total. The summed E-state index contributed by atoms with van der Waals surface area (Å²) in [5.74, 6) is -2.85. The monoisotopic (exact) mass is 329 g/mol. The maximum Gasteiger partial charge on any atom is 0.313 e. The van der Waals surface area contributed by atoms with Crippen LogP contribution in [0, 0.1) is 0 Å². The molecule has 120 valence electrons. The van der Waals surface area contributed by atoms with Gasteiger partial charge in [-0.3, -0.25) is 14.4 Å². The van der Waals surface area contributed by atoms with Crippen LogP contribution in [-0.4, -0.2) is 37.9 Å². The van der Waals surface area contributed by atoms with Crippen LogP contribution in [0.3, 0.4) is 0 Å². The second kappa shape index (κ2) is 7.52. The SMILES string of the molecule is NS(=O)(=O)c1ccc(NC(=O)C(=O)NCCCC(=O)O)cc1. The Bertz CT molecular complexity index is 669. The topological polar surface area (TPSA) is 156 Å². The van der Waals surface area contributed by atoms with Crippen molar-refractivity contribution in [3.63, 3.8) is 0 Å². The second-order valence-electron chi connectivity index (χ2n) is 4.28. The van der Waals surface area contributed by atoms with Crippen LogP contribution >= 0.6 is 0 Å². The normalized spacial score (nSPS) is 10.8. The van der Waals surface area contributed by atoms with Crippen LogP contribution in [0.4, 0.5) is 5.69 Å². The molecule has 0 bridgehead atoms. The summed E-state index contributed by atoms with van der Waals surface area (Å²) in [5, 5.41) is 17.9. The highest BCUT2D eigenvalue weighted by Crippen LogP contribution is 2.12. The van der Waals surface area contributed by atoms with Gasteiger partial charge in [-0.2, -0.15) is 0 Å². The van der Waals surface area contributed by atoms with Crippen LogP contribution in [0.1, 0.15) is 12.8 Å². The summed E-state index contributed by atoms with van der Waals surface area (Å²) in [5.41, 5.74) is 0.220. The molecule has 0 saturated heterocycles. The predicted octanol–water partition coefficient (Wildman–Crippen LogP) is -0.747. The number of carboxylic acid groups (broad SMARTS) is 1. The lowest BCUT2D eigenvalue weighted by Gasteiger charge is -2.06. The molecule has 5 N–H and O–H groups in total. The first-order valence-electron chi connectivity index (χ1n) is 6.14. The molecule has 0 unspecified atom stereocenters. The summed E-state index contributed by atoms with van der Waals surface area (Å²) in [6.07, 6.45) is 0.0916. The zero-order valence-corrected chi connectivity index (χ0v) is 12.2. The lowest BCUT2D eigenvalue weighted by molar-refractivity contribution is -0.137. The van der Waals surface area contributed by atoms with Crippen molar-refractivity contribution < 1.29 is 27.9 Å². The number of aliphatic carboxylic acids is 1. The first-order valence-corrected chi connectivity index (χ1v) is 7.68. The minimum absolute atomic E-state index is 0.0584. The van der Waals surface area contributed by atoms with E-state index in [1.165, 1.54) is 24.3 Å². The van der Waals surface area contributed by atoms with Gasteiger partial charge < -0.3 is 15.7 Å². The molecule has 0 atom stereocenters. The summed E-state index contributed by atoms with van der Waals surface area (Å²) < 4.78 is 22.1. The van der Waals surface area contributed by atoms with E-state index in [4.69, 9.17) is 10.2 Å². The summed E-state index contributed by atoms with van der Waals surface area (Å²) in [6.45, 7) is 0.0584. The van der Waals surface area contributed by atoms with E-state index < -0.39 is 27.8 Å². The number of sulfonamides is 1. The molecule has 0 fully saturated rings. The number of nitrogens with two attached hydrogens (primary N) is 1. The number of rotatable bonds is 6. The zero-order valence-electron chi connectivity index (χ0n) is 11.4. The first kappa shape index (κ1) is 17.6. The number of carbonyl (C=O) groups is 3. The molecule has 1 aromatic rings. The van der Waals surface area contributed by atoms with E-state index >= 15 is 0 Å². The minimum Gasteiger partial charge on any atom is -0.481 e. The van der Waals surface area contributed by atoms with Gasteiger partial charge in [-0.05, 0) is 30.7 Å². The van der Waals surface area contributed by atoms with E-state index in [1.807, 2.05) is 0 Å². The van der Waals surface area contributed by atoms with Crippen LogP contribution < -0.4 is 15.8 Å². The highest BCUT2D eigenvalue weighted by molar-refractivity contribution is 7.89. The molecule has 0 aliphatic carbocycles. The highest BCUT2D eigenvalue weighted by Gasteiger charge is 2.14. The van der Waals surface area contributed by atoms with Crippen LogP contribution in [0.2, 0.25) is 0 Å². The third-order valence-electron chi connectivity index (χ3n) is 2.50. The Morgan fingerprint density at radius 3 is 2.18 bits per heavy atom. The number of hydrogen-bond acceptors (Lipinski definition) is 5. The van der Waals surface area contributed by atoms with Gasteiger partial charge in [0.05, 0.1) is 4.90 Å². The van der Waals surface area contributed by atoms with E-state index in [-0.39, 0.29) is 30.0 Å². The number of carboxylic acids is 1. The van der Waals surface area contributed by atoms with Gasteiger partial charge in [0.1, 0.15) is 0 Å². The number of benzene rings is 1. The lowest BCUT2D eigenvalue weighted by atomic mass is 10.3. The Labute approximate surface area is 126 Å². The van der Waals surface area contributed by atoms with Gasteiger partial charge in [-0.1, -0.05) is 0 Å². The Hall–Kier alpha value is -2.46. The smallest absolute Gasteiger partial charge is 0.313 e. The molecule has 2 amide bonds. The molecule has 0 aliphatic heterocycles. The summed E-state index contributed by atoms with van der Waals surface area (Å²) >= 11 is 0. The molecule has 0 spiro atoms. The zero-order chi connectivity index (χ0) is 16.8. The number of anilines is 1. The number of primary sulfonamides is 1. The molecule has 22 heavy (non-hydrogen) atoms. The van der Waals surface area contributed by atoms with Crippen molar-refractivity contribution in [3.05, 3.63) is 24.3 Å². The van der Waals surface area contributed by atoms with Crippen molar-refractivity contribution in [2.45, 2.75) is 17.7 Å². The Kier molecular flexibility index (Phi) is 6.01. The number of amides is 2. The molecule has 10 heteroatoms. The van der Waals surface area contributed by atoms with E-state index in [9.17, 15) is 22.8 Å². The van der Waals surface area contributed by atoms with E-state index in [1.54, 1.807) is 0 Å². The lowest BCUT2D eigenvalue weighted by Crippen LogP contribution is -2.36. The fourth-order valence-electron chi connectivity index (χ4n) is 1.44. The van der Waals surface area contributed by atoms with Crippen molar-refractivity contribution in [1.29, 1.82) is 0 Å². The van der Waals surface area contributed by atoms with E-state index in [2.05, 4.69) is 10.6 Å². The van der Waals surface area contributed by atoms with Crippen molar-refractivity contribution in [1.82, 2.24) is 5.32 Å². The Morgan fingerprint density at radius 1 is 1.09 bits per heavy atom. The highest BCUT2D eigenvalue weighted by atomic mass is 32.2. The van der Waals surface area contributed by atoms with E-state index in [0.29, 0.717) is 0 Å². The third-order valence-corrected chi connectivity index (χ3v) is 3.43. The van der Waals surface area contributed by atoms with Crippen LogP contribution in [0.25, 0.3) is 0 Å². The predicted molar refractivity (Wildman–Crippen MR) is 76.3 cm³/mol. The van der Waals surface area contributed by atoms with Crippen LogP contribution in [-0.2, 0) is 24.4 Å². The molecule has 0 heterocycles. The largest absolute Gasteiger partial charge is 0.481 e. The van der Waals surface area contributed by atoms with Crippen molar-refractivity contribution in [2.24, 2.45) is 5.14 Å². The van der Waals surface area contributed by atoms with Gasteiger partial charge in [0, 0.05) is 18.7 Å². The maximum atomic E-state index is 11.5. The summed E-state index contributed by atoms with van der Waals surface area (Å²) in [6, 6.07) is 4.95. The van der Waals surface area contributed by atoms with Gasteiger partial charge in [-0.25, -0.2) is 13.6 Å². The second-order valence-corrected chi connectivity index (χ2v) is 5.84. The fraction of sp³-hybridized carbons (Fsp3) is 0.250. The molecular weight excluding hydrogens is 314 g/mol. The van der Waals surface area contributed by atoms with Gasteiger partial charge >= 0.3 is 17.8 Å². The van der Waals surface area contributed by atoms with Gasteiger partial charge in [0.2, 0.25) is 10.0 Å². The van der Waals surface area contributed by atoms with Crippen molar-refractivity contribution >= 4 is 33.5 Å². The summed E-state index contributed by atoms with van der Waals surface area (Å²) in [4.78, 5) is 33.1. The standard InChI is InChI=1S/C12H15N3O6S/c13-22(20,21)9-5-3-8(4-6-9)15-12(19)11(18)14-7-1-2-10(16)17/h3-6H,1-2,7H2,(H,14,18)(H,15,19)(H,16,17)(H2,13,20,21). The maximum absolute atomic E-state index is 11.5. The molecular formula is C12H15N3O6S. The molecule has 0 radical (unpaired) electrons. The van der Waals surface area contributed by atoms with Crippen molar-refractivity contribution in [3.8, 4) is 0 Å². The Morgan fingerprint density at radius 2 is 1.68 bits per heavy atom. The fourth-order valence-corrected chi connectivity index (χ4v) is 1.95.